The van der Waals surface area contributed by atoms with E-state index in [9.17, 15) is 15.0 Å². The Bertz CT molecular complexity index is 1910. The summed E-state index contributed by atoms with van der Waals surface area (Å²) in [5.74, 6) is 0.299. The molecule has 1 aromatic heterocycles. The van der Waals surface area contributed by atoms with Gasteiger partial charge in [-0.2, -0.15) is 0 Å². The summed E-state index contributed by atoms with van der Waals surface area (Å²) in [6, 6.07) is 34.8. The van der Waals surface area contributed by atoms with Crippen molar-refractivity contribution < 1.29 is 33.6 Å². The highest BCUT2D eigenvalue weighted by Crippen LogP contribution is 2.45. The van der Waals surface area contributed by atoms with E-state index in [1.165, 1.54) is 13.2 Å². The Hall–Kier alpha value is -5.89. The molecule has 5 aromatic carbocycles. The Labute approximate surface area is 259 Å². The zero-order valence-electron chi connectivity index (χ0n) is 24.4. The Morgan fingerprint density at radius 3 is 1.60 bits per heavy atom. The third-order valence-electron chi connectivity index (χ3n) is 7.11. The zero-order valence-corrected chi connectivity index (χ0v) is 24.4. The van der Waals surface area contributed by atoms with E-state index < -0.39 is 11.2 Å². The fourth-order valence-corrected chi connectivity index (χ4v) is 4.91. The third kappa shape index (κ3) is 6.55. The second kappa shape index (κ2) is 13.2. The first-order chi connectivity index (χ1) is 22.0. The first kappa shape index (κ1) is 29.2. The van der Waals surface area contributed by atoms with Crippen molar-refractivity contribution in [2.45, 2.75) is 19.8 Å². The van der Waals surface area contributed by atoms with Crippen LogP contribution in [-0.4, -0.2) is 17.3 Å². The van der Waals surface area contributed by atoms with Crippen LogP contribution in [0, 0.1) is 0 Å². The molecule has 0 fully saturated rings. The maximum Gasteiger partial charge on any atom is 0.239 e. The van der Waals surface area contributed by atoms with Crippen molar-refractivity contribution in [2.24, 2.45) is 0 Å². The molecule has 6 aromatic rings. The second-order valence-corrected chi connectivity index (χ2v) is 10.3. The minimum absolute atomic E-state index is 0.0174. The number of benzene rings is 5. The van der Waals surface area contributed by atoms with E-state index in [2.05, 4.69) is 0 Å². The molecule has 6 rings (SSSR count). The lowest BCUT2D eigenvalue weighted by atomic mass is 10.1. The van der Waals surface area contributed by atoms with Gasteiger partial charge in [-0.25, -0.2) is 0 Å². The number of fused-ring (bicyclic) bond motifs is 1. The largest absolute Gasteiger partial charge is 0.508 e. The maximum atomic E-state index is 13.5. The number of hydrogen-bond donors (Lipinski definition) is 2. The molecule has 1 heterocycles. The standard InChI is InChI=1S/C37H30O8/c1-41-37-34(40)33-29(39)19-28(38)20-30(33)45-35(37)27-17-31(42-21-24-11-5-2-6-12-24)36(44-23-26-15-9-4-10-16-26)32(18-27)43-22-25-13-7-3-8-14-25/h2-20,38-39H,21-23H2,1H3. The van der Waals surface area contributed by atoms with Gasteiger partial charge in [-0.1, -0.05) is 91.0 Å². The van der Waals surface area contributed by atoms with E-state index >= 15 is 0 Å². The molecule has 8 nitrogen and oxygen atoms in total. The quantitative estimate of drug-likeness (QED) is 0.156. The van der Waals surface area contributed by atoms with E-state index in [1.807, 2.05) is 91.0 Å². The molecule has 45 heavy (non-hydrogen) atoms. The van der Waals surface area contributed by atoms with Crippen molar-refractivity contribution in [1.82, 2.24) is 0 Å². The monoisotopic (exact) mass is 602 g/mol. The van der Waals surface area contributed by atoms with Gasteiger partial charge in [-0.3, -0.25) is 4.79 Å². The highest BCUT2D eigenvalue weighted by molar-refractivity contribution is 5.88. The van der Waals surface area contributed by atoms with Crippen molar-refractivity contribution in [3.05, 3.63) is 142 Å². The van der Waals surface area contributed by atoms with Gasteiger partial charge in [0, 0.05) is 17.7 Å². The van der Waals surface area contributed by atoms with E-state index in [0.29, 0.717) is 22.8 Å². The van der Waals surface area contributed by atoms with Crippen LogP contribution in [0.25, 0.3) is 22.3 Å². The van der Waals surface area contributed by atoms with Crippen LogP contribution >= 0.6 is 0 Å². The van der Waals surface area contributed by atoms with Gasteiger partial charge in [0.2, 0.25) is 16.9 Å². The number of phenolic OH excluding ortho intramolecular Hbond substituents is 2. The van der Waals surface area contributed by atoms with Crippen LogP contribution in [0.1, 0.15) is 16.7 Å². The van der Waals surface area contributed by atoms with Crippen LogP contribution in [0.15, 0.2) is 124 Å². The predicted octanol–water partition coefficient (Wildman–Crippen LogP) is 7.62. The van der Waals surface area contributed by atoms with Crippen molar-refractivity contribution in [1.29, 1.82) is 0 Å². The van der Waals surface area contributed by atoms with Gasteiger partial charge >= 0.3 is 0 Å². The fourth-order valence-electron chi connectivity index (χ4n) is 4.91. The van der Waals surface area contributed by atoms with Crippen LogP contribution in [-0.2, 0) is 19.8 Å². The molecule has 0 unspecified atom stereocenters. The van der Waals surface area contributed by atoms with E-state index in [0.717, 1.165) is 22.8 Å². The first-order valence-electron chi connectivity index (χ1n) is 14.3. The van der Waals surface area contributed by atoms with Crippen LogP contribution in [0.5, 0.6) is 34.5 Å². The molecule has 0 atom stereocenters. The number of rotatable bonds is 11. The molecule has 8 heteroatoms. The number of hydrogen-bond acceptors (Lipinski definition) is 8. The average Bonchev–Trinajstić information content (AvgIpc) is 3.06. The molecular formula is C37H30O8. The van der Waals surface area contributed by atoms with Crippen molar-refractivity contribution in [3.63, 3.8) is 0 Å². The molecule has 0 radical (unpaired) electrons. The predicted molar refractivity (Wildman–Crippen MR) is 170 cm³/mol. The number of phenols is 2. The minimum Gasteiger partial charge on any atom is -0.508 e. The van der Waals surface area contributed by atoms with Gasteiger partial charge in [0.05, 0.1) is 7.11 Å². The SMILES string of the molecule is COc1c(-c2cc(OCc3ccccc3)c(OCc3ccccc3)c(OCc3ccccc3)c2)oc2cc(O)cc(O)c2c1=O. The Morgan fingerprint density at radius 2 is 1.11 bits per heavy atom. The van der Waals surface area contributed by atoms with Crippen molar-refractivity contribution >= 4 is 11.0 Å². The minimum atomic E-state index is -0.603. The summed E-state index contributed by atoms with van der Waals surface area (Å²) in [5, 5.41) is 20.4. The summed E-state index contributed by atoms with van der Waals surface area (Å²) in [6.45, 7) is 0.700. The van der Waals surface area contributed by atoms with Crippen LogP contribution < -0.4 is 24.4 Å². The highest BCUT2D eigenvalue weighted by Gasteiger charge is 2.24. The normalized spacial score (nSPS) is 10.9. The van der Waals surface area contributed by atoms with E-state index in [4.69, 9.17) is 23.4 Å². The molecule has 0 amide bonds. The second-order valence-electron chi connectivity index (χ2n) is 10.3. The van der Waals surface area contributed by atoms with E-state index in [1.54, 1.807) is 12.1 Å². The first-order valence-corrected chi connectivity index (χ1v) is 14.3. The third-order valence-corrected chi connectivity index (χ3v) is 7.11. The molecule has 0 aliphatic rings. The zero-order chi connectivity index (χ0) is 31.2. The van der Waals surface area contributed by atoms with Gasteiger partial charge < -0.3 is 33.6 Å². The van der Waals surface area contributed by atoms with Gasteiger partial charge in [-0.05, 0) is 28.8 Å². The molecule has 0 aliphatic carbocycles. The van der Waals surface area contributed by atoms with Gasteiger partial charge in [0.1, 0.15) is 42.3 Å². The summed E-state index contributed by atoms with van der Waals surface area (Å²) < 4.78 is 30.7. The summed E-state index contributed by atoms with van der Waals surface area (Å²) in [6.07, 6.45) is 0. The van der Waals surface area contributed by atoms with E-state index in [-0.39, 0.29) is 48.0 Å². The molecule has 0 aliphatic heterocycles. The Kier molecular flexibility index (Phi) is 8.55. The average molecular weight is 603 g/mol. The van der Waals surface area contributed by atoms with Crippen molar-refractivity contribution in [2.75, 3.05) is 7.11 Å². The molecule has 226 valence electrons. The summed E-state index contributed by atoms with van der Waals surface area (Å²) in [5.41, 5.74) is 2.59. The van der Waals surface area contributed by atoms with Crippen molar-refractivity contribution in [3.8, 4) is 45.8 Å². The maximum absolute atomic E-state index is 13.5. The lowest BCUT2D eigenvalue weighted by Crippen LogP contribution is -2.08. The smallest absolute Gasteiger partial charge is 0.239 e. The van der Waals surface area contributed by atoms with Crippen LogP contribution in [0.4, 0.5) is 0 Å². The molecular weight excluding hydrogens is 572 g/mol. The lowest BCUT2D eigenvalue weighted by molar-refractivity contribution is 0.230. The highest BCUT2D eigenvalue weighted by atomic mass is 16.5. The topological polar surface area (TPSA) is 108 Å². The number of aromatic hydroxyl groups is 2. The summed E-state index contributed by atoms with van der Waals surface area (Å²) in [7, 11) is 1.34. The number of methoxy groups -OCH3 is 1. The lowest BCUT2D eigenvalue weighted by Gasteiger charge is -2.19. The molecule has 0 saturated heterocycles. The fraction of sp³-hybridized carbons (Fsp3) is 0.108. The van der Waals surface area contributed by atoms with Crippen LogP contribution in [0.3, 0.4) is 0 Å². The Balaban J connectivity index is 1.51. The summed E-state index contributed by atoms with van der Waals surface area (Å²) >= 11 is 0. The van der Waals surface area contributed by atoms with Gasteiger partial charge in [0.15, 0.2) is 17.3 Å². The Morgan fingerprint density at radius 1 is 0.622 bits per heavy atom. The number of ether oxygens (including phenoxy) is 4. The molecule has 0 saturated carbocycles. The van der Waals surface area contributed by atoms with Gasteiger partial charge in [0.25, 0.3) is 0 Å². The van der Waals surface area contributed by atoms with Gasteiger partial charge in [-0.15, -0.1) is 0 Å². The molecule has 0 bridgehead atoms. The summed E-state index contributed by atoms with van der Waals surface area (Å²) in [4.78, 5) is 13.5. The molecule has 2 N–H and O–H groups in total. The van der Waals surface area contributed by atoms with Crippen LogP contribution in [0.2, 0.25) is 0 Å². The molecule has 0 spiro atoms.